The van der Waals surface area contributed by atoms with E-state index in [4.69, 9.17) is 23.2 Å². The van der Waals surface area contributed by atoms with E-state index in [1.54, 1.807) is 0 Å². The number of rotatable bonds is 3. The van der Waals surface area contributed by atoms with E-state index >= 15 is 0 Å². The topological polar surface area (TPSA) is 8.81 Å². The lowest BCUT2D eigenvalue weighted by Gasteiger charge is -2.02. The van der Waals surface area contributed by atoms with E-state index in [0.717, 1.165) is 35.1 Å². The Morgan fingerprint density at radius 1 is 1.00 bits per heavy atom. The van der Waals surface area contributed by atoms with Crippen LogP contribution in [0.25, 0.3) is 11.3 Å². The summed E-state index contributed by atoms with van der Waals surface area (Å²) in [6, 6.07) is 16.1. The van der Waals surface area contributed by atoms with Crippen LogP contribution in [0.4, 0.5) is 0 Å². The molecule has 0 N–H and O–H groups in total. The zero-order valence-corrected chi connectivity index (χ0v) is 15.3. The quantitative estimate of drug-likeness (QED) is 0.613. The Kier molecular flexibility index (Phi) is 5.19. The van der Waals surface area contributed by atoms with Gasteiger partial charge in [0.1, 0.15) is 12.7 Å². The second kappa shape index (κ2) is 7.18. The van der Waals surface area contributed by atoms with Gasteiger partial charge < -0.3 is 12.4 Å². The van der Waals surface area contributed by atoms with Crippen molar-refractivity contribution in [2.45, 2.75) is 25.9 Å². The molecule has 0 aliphatic carbocycles. The number of fused-ring (bicyclic) bond motifs is 1. The zero-order valence-electron chi connectivity index (χ0n) is 13.1. The highest BCUT2D eigenvalue weighted by Crippen LogP contribution is 2.26. The minimum Gasteiger partial charge on any atom is -1.00 e. The Bertz CT molecular complexity index is 854. The van der Waals surface area contributed by atoms with Gasteiger partial charge in [-0.1, -0.05) is 41.4 Å². The summed E-state index contributed by atoms with van der Waals surface area (Å²) in [7, 11) is 0. The minimum absolute atomic E-state index is 0. The zero-order chi connectivity index (χ0) is 15.8. The van der Waals surface area contributed by atoms with Crippen LogP contribution in [-0.2, 0) is 19.5 Å². The molecule has 24 heavy (non-hydrogen) atoms. The molecule has 0 saturated carbocycles. The van der Waals surface area contributed by atoms with Crippen molar-refractivity contribution in [3.05, 3.63) is 76.2 Å². The molecule has 0 radical (unpaired) electrons. The molecule has 2 aromatic carbocycles. The van der Waals surface area contributed by atoms with Crippen LogP contribution >= 0.6 is 23.2 Å². The predicted molar refractivity (Wildman–Crippen MR) is 93.9 cm³/mol. The lowest BCUT2D eigenvalue weighted by molar-refractivity contribution is -0.694. The molecule has 1 aromatic heterocycles. The minimum atomic E-state index is 0. The normalized spacial score (nSPS) is 12.8. The number of benzene rings is 2. The van der Waals surface area contributed by atoms with E-state index in [1.807, 2.05) is 30.3 Å². The molecule has 0 unspecified atom stereocenters. The summed E-state index contributed by atoms with van der Waals surface area (Å²) in [4.78, 5) is 0. The lowest BCUT2D eigenvalue weighted by Crippen LogP contribution is -3.00. The number of nitrogens with zero attached hydrogens (tertiary/aromatic N) is 2. The molecule has 1 aliphatic heterocycles. The Morgan fingerprint density at radius 3 is 2.50 bits per heavy atom. The summed E-state index contributed by atoms with van der Waals surface area (Å²) in [6.07, 6.45) is 4.54. The van der Waals surface area contributed by atoms with Gasteiger partial charge >= 0.3 is 0 Å². The smallest absolute Gasteiger partial charge is 0.257 e. The van der Waals surface area contributed by atoms with Gasteiger partial charge in [0.15, 0.2) is 5.69 Å². The molecule has 2 heterocycles. The van der Waals surface area contributed by atoms with Crippen LogP contribution < -0.4 is 17.0 Å². The molecule has 4 rings (SSSR count). The van der Waals surface area contributed by atoms with E-state index in [-0.39, 0.29) is 12.4 Å². The van der Waals surface area contributed by atoms with E-state index in [2.05, 4.69) is 33.5 Å². The maximum Gasteiger partial charge on any atom is 0.257 e. The number of hydrogen-bond donors (Lipinski definition) is 0. The van der Waals surface area contributed by atoms with E-state index in [9.17, 15) is 0 Å². The fourth-order valence-corrected chi connectivity index (χ4v) is 3.63. The van der Waals surface area contributed by atoms with Gasteiger partial charge in [0.25, 0.3) is 5.82 Å². The molecule has 0 atom stereocenters. The van der Waals surface area contributed by atoms with Crippen molar-refractivity contribution >= 4 is 23.2 Å². The van der Waals surface area contributed by atoms with Gasteiger partial charge in [-0.05, 0) is 36.8 Å². The van der Waals surface area contributed by atoms with Crippen LogP contribution in [0.15, 0.2) is 54.7 Å². The third-order valence-electron chi connectivity index (χ3n) is 4.43. The molecule has 5 heteroatoms. The fourth-order valence-electron chi connectivity index (χ4n) is 3.31. The van der Waals surface area contributed by atoms with Crippen LogP contribution in [-0.4, -0.2) is 4.57 Å². The van der Waals surface area contributed by atoms with E-state index < -0.39 is 0 Å². The second-order valence-electron chi connectivity index (χ2n) is 5.91. The number of halogens is 3. The van der Waals surface area contributed by atoms with Gasteiger partial charge in [-0.15, -0.1) is 0 Å². The van der Waals surface area contributed by atoms with Crippen LogP contribution in [0.5, 0.6) is 0 Å². The molecule has 0 amide bonds. The Morgan fingerprint density at radius 2 is 1.75 bits per heavy atom. The summed E-state index contributed by atoms with van der Waals surface area (Å²) < 4.78 is 4.75. The standard InChI is InChI=1S/C19H17Cl2N2.ClH/c20-16-9-7-14(8-10-16)18-13-22(19-6-3-11-23(18)19)12-15-4-1-2-5-17(15)21;/h1-2,4-5,7-10,13H,3,6,11-12H2;1H/q+1;/p-1. The van der Waals surface area contributed by atoms with Crippen molar-refractivity contribution in [1.82, 2.24) is 4.57 Å². The summed E-state index contributed by atoms with van der Waals surface area (Å²) in [6.45, 7) is 1.88. The van der Waals surface area contributed by atoms with Gasteiger partial charge in [0.05, 0.1) is 13.0 Å². The van der Waals surface area contributed by atoms with Gasteiger partial charge in [-0.25, -0.2) is 9.13 Å². The molecular formula is C19H17Cl3N2. The first kappa shape index (κ1) is 17.3. The molecular weight excluding hydrogens is 363 g/mol. The van der Waals surface area contributed by atoms with Crippen molar-refractivity contribution in [3.63, 3.8) is 0 Å². The predicted octanol–water partition coefficient (Wildman–Crippen LogP) is 1.75. The largest absolute Gasteiger partial charge is 1.00 e. The molecule has 124 valence electrons. The highest BCUT2D eigenvalue weighted by atomic mass is 35.5. The molecule has 2 nitrogen and oxygen atoms in total. The molecule has 1 aliphatic rings. The molecule has 0 saturated heterocycles. The molecule has 0 bridgehead atoms. The van der Waals surface area contributed by atoms with Crippen LogP contribution in [0.3, 0.4) is 0 Å². The first-order valence-electron chi connectivity index (χ1n) is 7.83. The van der Waals surface area contributed by atoms with Gasteiger partial charge in [-0.2, -0.15) is 0 Å². The Labute approximate surface area is 158 Å². The SMILES string of the molecule is Clc1ccc(-c2c[n+](Cc3ccccc3Cl)c3n2CCC3)cc1.[Cl-]. The van der Waals surface area contributed by atoms with Crippen LogP contribution in [0.2, 0.25) is 10.0 Å². The van der Waals surface area contributed by atoms with E-state index in [1.165, 1.54) is 23.5 Å². The van der Waals surface area contributed by atoms with Gasteiger partial charge in [0.2, 0.25) is 0 Å². The van der Waals surface area contributed by atoms with Crippen molar-refractivity contribution < 1.29 is 17.0 Å². The molecule has 3 aromatic rings. The summed E-state index contributed by atoms with van der Waals surface area (Å²) in [5, 5.41) is 1.59. The van der Waals surface area contributed by atoms with Gasteiger partial charge in [0, 0.05) is 21.2 Å². The van der Waals surface area contributed by atoms with Crippen molar-refractivity contribution in [3.8, 4) is 11.3 Å². The lowest BCUT2D eigenvalue weighted by atomic mass is 10.1. The highest BCUT2D eigenvalue weighted by Gasteiger charge is 2.28. The summed E-state index contributed by atoms with van der Waals surface area (Å²) in [5.74, 6) is 1.37. The highest BCUT2D eigenvalue weighted by molar-refractivity contribution is 6.31. The third kappa shape index (κ3) is 3.19. The molecule has 0 spiro atoms. The van der Waals surface area contributed by atoms with Gasteiger partial charge in [-0.3, -0.25) is 0 Å². The number of imidazole rings is 1. The maximum absolute atomic E-state index is 6.33. The van der Waals surface area contributed by atoms with Crippen molar-refractivity contribution in [1.29, 1.82) is 0 Å². The summed E-state index contributed by atoms with van der Waals surface area (Å²) >= 11 is 12.4. The summed E-state index contributed by atoms with van der Waals surface area (Å²) in [5.41, 5.74) is 3.61. The second-order valence-corrected chi connectivity index (χ2v) is 6.76. The number of aromatic nitrogens is 2. The van der Waals surface area contributed by atoms with Crippen LogP contribution in [0, 0.1) is 0 Å². The fraction of sp³-hybridized carbons (Fsp3) is 0.211. The maximum atomic E-state index is 6.33. The van der Waals surface area contributed by atoms with E-state index in [0.29, 0.717) is 0 Å². The van der Waals surface area contributed by atoms with Crippen LogP contribution in [0.1, 0.15) is 17.8 Å². The van der Waals surface area contributed by atoms with Crippen molar-refractivity contribution in [2.24, 2.45) is 0 Å². The number of hydrogen-bond acceptors (Lipinski definition) is 0. The third-order valence-corrected chi connectivity index (χ3v) is 5.05. The average Bonchev–Trinajstić information content (AvgIpc) is 3.14. The monoisotopic (exact) mass is 378 g/mol. The Balaban J connectivity index is 0.00000169. The molecule has 0 fully saturated rings. The first-order chi connectivity index (χ1) is 11.2. The Hall–Kier alpha value is -1.48. The first-order valence-corrected chi connectivity index (χ1v) is 8.59. The van der Waals surface area contributed by atoms with Crippen molar-refractivity contribution in [2.75, 3.05) is 0 Å². The average molecular weight is 380 g/mol.